The van der Waals surface area contributed by atoms with Crippen LogP contribution in [0.1, 0.15) is 43.2 Å². The van der Waals surface area contributed by atoms with E-state index in [-0.39, 0.29) is 36.8 Å². The van der Waals surface area contributed by atoms with Gasteiger partial charge in [-0.2, -0.15) is 13.2 Å². The molecule has 1 fully saturated rings. The molecular weight excluding hydrogens is 291 g/mol. The monoisotopic (exact) mass is 308 g/mol. The van der Waals surface area contributed by atoms with Gasteiger partial charge in [0.05, 0.1) is 12.7 Å². The Morgan fingerprint density at radius 2 is 1.90 bits per heavy atom. The van der Waals surface area contributed by atoms with Crippen LogP contribution in [0, 0.1) is 5.92 Å². The van der Waals surface area contributed by atoms with E-state index >= 15 is 0 Å². The van der Waals surface area contributed by atoms with Gasteiger partial charge in [0.15, 0.2) is 0 Å². The van der Waals surface area contributed by atoms with Gasteiger partial charge < -0.3 is 4.74 Å². The number of hydrogen-bond donors (Lipinski definition) is 0. The molecule has 1 aromatic carbocycles. The molecule has 0 saturated heterocycles. The number of benzene rings is 1. The molecule has 1 saturated carbocycles. The fourth-order valence-electron chi connectivity index (χ4n) is 3.02. The van der Waals surface area contributed by atoms with Gasteiger partial charge in [-0.25, -0.2) is 8.78 Å². The van der Waals surface area contributed by atoms with Crippen LogP contribution in [0.2, 0.25) is 0 Å². The van der Waals surface area contributed by atoms with Crippen molar-refractivity contribution >= 4 is 0 Å². The van der Waals surface area contributed by atoms with Gasteiger partial charge >= 0.3 is 6.18 Å². The van der Waals surface area contributed by atoms with Gasteiger partial charge in [0.25, 0.3) is 0 Å². The zero-order valence-corrected chi connectivity index (χ0v) is 11.8. The highest BCUT2D eigenvalue weighted by Crippen LogP contribution is 2.47. The van der Waals surface area contributed by atoms with Crippen LogP contribution in [0.5, 0.6) is 5.75 Å². The largest absolute Gasteiger partial charge is 0.496 e. The summed E-state index contributed by atoms with van der Waals surface area (Å²) in [4.78, 5) is 0. The van der Waals surface area contributed by atoms with E-state index in [0.717, 1.165) is 12.1 Å². The van der Waals surface area contributed by atoms with Crippen molar-refractivity contribution in [3.8, 4) is 5.75 Å². The van der Waals surface area contributed by atoms with Gasteiger partial charge in [-0.05, 0) is 36.0 Å². The number of rotatable bonds is 2. The first-order valence-corrected chi connectivity index (χ1v) is 6.77. The summed E-state index contributed by atoms with van der Waals surface area (Å²) >= 11 is 0. The van der Waals surface area contributed by atoms with E-state index in [1.165, 1.54) is 13.2 Å². The van der Waals surface area contributed by atoms with E-state index in [0.29, 0.717) is 5.56 Å². The molecule has 118 valence electrons. The normalized spacial score (nSPS) is 25.7. The molecule has 0 aliphatic heterocycles. The summed E-state index contributed by atoms with van der Waals surface area (Å²) < 4.78 is 69.9. The number of alkyl halides is 5. The third-order valence-electron chi connectivity index (χ3n) is 4.09. The smallest absolute Gasteiger partial charge is 0.416 e. The Labute approximate surface area is 120 Å². The number of hydrogen-bond acceptors (Lipinski definition) is 1. The Balaban J connectivity index is 2.32. The standard InChI is InChI=1S/C15H17F5O/c1-9-8-14(16,17)6-5-11(9)12-4-3-10(15(18,19)20)7-13(12)21-2/h3-4,7,9,11H,5-6,8H2,1-2H3. The van der Waals surface area contributed by atoms with Crippen LogP contribution in [0.15, 0.2) is 18.2 Å². The highest BCUT2D eigenvalue weighted by atomic mass is 19.4. The second-order valence-electron chi connectivity index (χ2n) is 5.64. The molecule has 2 atom stereocenters. The lowest BCUT2D eigenvalue weighted by atomic mass is 9.74. The van der Waals surface area contributed by atoms with Gasteiger partial charge in [-0.3, -0.25) is 0 Å². The highest BCUT2D eigenvalue weighted by Gasteiger charge is 2.41. The Bertz CT molecular complexity index is 509. The lowest BCUT2D eigenvalue weighted by Crippen LogP contribution is -2.30. The molecule has 0 radical (unpaired) electrons. The number of methoxy groups -OCH3 is 1. The van der Waals surface area contributed by atoms with Gasteiger partial charge in [-0.15, -0.1) is 0 Å². The van der Waals surface area contributed by atoms with E-state index < -0.39 is 17.7 Å². The van der Waals surface area contributed by atoms with Crippen LogP contribution >= 0.6 is 0 Å². The Morgan fingerprint density at radius 1 is 1.24 bits per heavy atom. The molecule has 0 heterocycles. The molecule has 2 rings (SSSR count). The molecule has 21 heavy (non-hydrogen) atoms. The van der Waals surface area contributed by atoms with Crippen molar-refractivity contribution in [3.63, 3.8) is 0 Å². The zero-order valence-electron chi connectivity index (χ0n) is 11.8. The maximum atomic E-state index is 13.4. The van der Waals surface area contributed by atoms with Crippen molar-refractivity contribution in [2.45, 2.75) is 44.2 Å². The van der Waals surface area contributed by atoms with Crippen LogP contribution in [0.25, 0.3) is 0 Å². The molecule has 0 spiro atoms. The fourth-order valence-corrected chi connectivity index (χ4v) is 3.02. The van der Waals surface area contributed by atoms with Crippen molar-refractivity contribution in [1.82, 2.24) is 0 Å². The lowest BCUT2D eigenvalue weighted by molar-refractivity contribution is -0.137. The molecule has 0 amide bonds. The SMILES string of the molecule is COc1cc(C(F)(F)F)ccc1C1CCC(F)(F)CC1C. The highest BCUT2D eigenvalue weighted by molar-refractivity contribution is 5.41. The first-order chi connectivity index (χ1) is 9.64. The summed E-state index contributed by atoms with van der Waals surface area (Å²) in [5.74, 6) is -3.08. The molecule has 0 N–H and O–H groups in total. The molecule has 2 unspecified atom stereocenters. The molecule has 6 heteroatoms. The van der Waals surface area contributed by atoms with Crippen LogP contribution in [-0.2, 0) is 6.18 Å². The van der Waals surface area contributed by atoms with E-state index in [9.17, 15) is 22.0 Å². The van der Waals surface area contributed by atoms with E-state index in [4.69, 9.17) is 4.74 Å². The molecule has 1 aromatic rings. The summed E-state index contributed by atoms with van der Waals surface area (Å²) in [6.07, 6.45) is -4.69. The minimum Gasteiger partial charge on any atom is -0.496 e. The minimum atomic E-state index is -4.45. The Hall–Kier alpha value is -1.33. The van der Waals surface area contributed by atoms with Crippen molar-refractivity contribution in [2.75, 3.05) is 7.11 Å². The van der Waals surface area contributed by atoms with Crippen molar-refractivity contribution in [1.29, 1.82) is 0 Å². The van der Waals surface area contributed by atoms with Crippen LogP contribution in [-0.4, -0.2) is 13.0 Å². The van der Waals surface area contributed by atoms with E-state index in [1.54, 1.807) is 6.92 Å². The van der Waals surface area contributed by atoms with Crippen molar-refractivity contribution in [2.24, 2.45) is 5.92 Å². The Morgan fingerprint density at radius 3 is 2.43 bits per heavy atom. The van der Waals surface area contributed by atoms with Gasteiger partial charge in [-0.1, -0.05) is 13.0 Å². The predicted molar refractivity (Wildman–Crippen MR) is 68.7 cm³/mol. The third-order valence-corrected chi connectivity index (χ3v) is 4.09. The second kappa shape index (κ2) is 5.46. The summed E-state index contributed by atoms with van der Waals surface area (Å²) in [6, 6.07) is 3.28. The lowest BCUT2D eigenvalue weighted by Gasteiger charge is -2.35. The van der Waals surface area contributed by atoms with Crippen molar-refractivity contribution < 1.29 is 26.7 Å². The minimum absolute atomic E-state index is 0.117. The summed E-state index contributed by atoms with van der Waals surface area (Å²) in [7, 11) is 1.29. The predicted octanol–water partition coefficient (Wildman–Crippen LogP) is 5.25. The molecule has 0 bridgehead atoms. The van der Waals surface area contributed by atoms with Crippen LogP contribution < -0.4 is 4.74 Å². The Kier molecular flexibility index (Phi) is 4.17. The van der Waals surface area contributed by atoms with Crippen LogP contribution in [0.4, 0.5) is 22.0 Å². The molecule has 1 aliphatic carbocycles. The topological polar surface area (TPSA) is 9.23 Å². The summed E-state index contributed by atoms with van der Waals surface area (Å²) in [5.41, 5.74) is -0.217. The zero-order chi connectivity index (χ0) is 15.8. The van der Waals surface area contributed by atoms with Gasteiger partial charge in [0.1, 0.15) is 5.75 Å². The first kappa shape index (κ1) is 16.0. The third kappa shape index (κ3) is 3.47. The summed E-state index contributed by atoms with van der Waals surface area (Å²) in [6.45, 7) is 1.70. The van der Waals surface area contributed by atoms with Gasteiger partial charge in [0, 0.05) is 12.8 Å². The number of ether oxygens (including phenoxy) is 1. The molecule has 0 aromatic heterocycles. The summed E-state index contributed by atoms with van der Waals surface area (Å²) in [5, 5.41) is 0. The maximum absolute atomic E-state index is 13.4. The van der Waals surface area contributed by atoms with E-state index in [2.05, 4.69) is 0 Å². The average molecular weight is 308 g/mol. The molecule has 1 aliphatic rings. The molecule has 1 nitrogen and oxygen atoms in total. The maximum Gasteiger partial charge on any atom is 0.416 e. The van der Waals surface area contributed by atoms with Gasteiger partial charge in [0.2, 0.25) is 5.92 Å². The first-order valence-electron chi connectivity index (χ1n) is 6.77. The number of halogens is 5. The fraction of sp³-hybridized carbons (Fsp3) is 0.600. The average Bonchev–Trinajstić information content (AvgIpc) is 2.36. The quantitative estimate of drug-likeness (QED) is 0.678. The second-order valence-corrected chi connectivity index (χ2v) is 5.64. The van der Waals surface area contributed by atoms with Crippen molar-refractivity contribution in [3.05, 3.63) is 29.3 Å². The van der Waals surface area contributed by atoms with Crippen LogP contribution in [0.3, 0.4) is 0 Å². The van der Waals surface area contributed by atoms with E-state index in [1.807, 2.05) is 0 Å². The molecular formula is C15H17F5O.